The highest BCUT2D eigenvalue weighted by Gasteiger charge is 2.52. The van der Waals surface area contributed by atoms with Gasteiger partial charge in [-0.05, 0) is 84.7 Å². The second kappa shape index (κ2) is 12.1. The van der Waals surface area contributed by atoms with E-state index in [1.54, 1.807) is 11.7 Å². The Kier molecular flexibility index (Phi) is 8.03. The predicted molar refractivity (Wildman–Crippen MR) is 194 cm³/mol. The van der Waals surface area contributed by atoms with E-state index in [0.717, 1.165) is 44.9 Å². The van der Waals surface area contributed by atoms with Gasteiger partial charge < -0.3 is 44.0 Å². The van der Waals surface area contributed by atoms with Gasteiger partial charge in [-0.1, -0.05) is 16.4 Å². The number of nitrogens with two attached hydrogens (primary N) is 1. The molecule has 6 heterocycles. The number of benzene rings is 2. The number of H-pyrrole nitrogens is 4. The van der Waals surface area contributed by atoms with Crippen LogP contribution in [0.2, 0.25) is 0 Å². The van der Waals surface area contributed by atoms with Crippen molar-refractivity contribution in [1.29, 1.82) is 0 Å². The van der Waals surface area contributed by atoms with E-state index in [2.05, 4.69) is 35.3 Å². The lowest BCUT2D eigenvalue weighted by Crippen LogP contribution is -2.41. The molecule has 0 spiro atoms. The summed E-state index contributed by atoms with van der Waals surface area (Å²) < 4.78 is 24.5. The van der Waals surface area contributed by atoms with E-state index in [0.29, 0.717) is 39.1 Å². The minimum absolute atomic E-state index is 0.270. The Balaban J connectivity index is 0.000000162. The van der Waals surface area contributed by atoms with Crippen molar-refractivity contribution in [3.8, 4) is 33.5 Å². The van der Waals surface area contributed by atoms with Crippen LogP contribution in [0.25, 0.3) is 55.6 Å². The molecule has 7 aromatic rings. The Morgan fingerprint density at radius 1 is 0.769 bits per heavy atom. The number of aryl methyl sites for hydroxylation is 5. The molecule has 0 unspecified atom stereocenters. The van der Waals surface area contributed by atoms with E-state index in [9.17, 15) is 14.4 Å². The molecule has 0 aliphatic carbocycles. The SMILES string of the molecule is Cc1noc(C)c1-c1cc(-c2c(C(N)=O)cnn2C)c2[nH]c(=O)[nH]c2c1.Cc1noc(C)c1-c1cc(B2OC(C)(C)C(C)(C)O2)c2[nH]c(=O)[nH]c2c1. The second-order valence-electron chi connectivity index (χ2n) is 14.0. The number of primary amides is 1. The fourth-order valence-electron chi connectivity index (χ4n) is 6.67. The fourth-order valence-corrected chi connectivity index (χ4v) is 6.67. The van der Waals surface area contributed by atoms with Crippen molar-refractivity contribution in [3.05, 3.63) is 79.9 Å². The van der Waals surface area contributed by atoms with Crippen LogP contribution in [0.4, 0.5) is 0 Å². The number of hydrogen-bond donors (Lipinski definition) is 5. The van der Waals surface area contributed by atoms with E-state index in [4.69, 9.17) is 24.1 Å². The number of nitrogens with one attached hydrogen (secondary N) is 4. The van der Waals surface area contributed by atoms with Crippen LogP contribution in [0.3, 0.4) is 0 Å². The normalized spacial score (nSPS) is 15.1. The first-order valence-electron chi connectivity index (χ1n) is 16.5. The monoisotopic (exact) mass is 707 g/mol. The molecule has 1 aliphatic heterocycles. The predicted octanol–water partition coefficient (Wildman–Crippen LogP) is 4.05. The molecular formula is C35H38BN9O7. The first kappa shape index (κ1) is 34.5. The number of nitrogens with zero attached hydrogens (tertiary/aromatic N) is 4. The van der Waals surface area contributed by atoms with E-state index >= 15 is 0 Å². The molecule has 2 aromatic carbocycles. The van der Waals surface area contributed by atoms with Gasteiger partial charge in [0.2, 0.25) is 0 Å². The number of rotatable bonds is 5. The zero-order valence-corrected chi connectivity index (χ0v) is 30.2. The molecule has 52 heavy (non-hydrogen) atoms. The average molecular weight is 708 g/mol. The number of carbonyl (C=O) groups is 1. The second-order valence-corrected chi connectivity index (χ2v) is 14.0. The van der Waals surface area contributed by atoms with Crippen LogP contribution in [-0.4, -0.2) is 64.3 Å². The van der Waals surface area contributed by atoms with Crippen molar-refractivity contribution in [2.45, 2.75) is 66.6 Å². The molecule has 5 aromatic heterocycles. The minimum Gasteiger partial charge on any atom is -0.399 e. The molecule has 1 saturated heterocycles. The Morgan fingerprint density at radius 2 is 1.27 bits per heavy atom. The van der Waals surface area contributed by atoms with Gasteiger partial charge in [0.25, 0.3) is 5.91 Å². The number of amides is 1. The molecule has 0 saturated carbocycles. The first-order valence-corrected chi connectivity index (χ1v) is 16.5. The number of imidazole rings is 2. The van der Waals surface area contributed by atoms with Crippen LogP contribution in [-0.2, 0) is 16.4 Å². The largest absolute Gasteiger partial charge is 0.497 e. The molecule has 6 N–H and O–H groups in total. The van der Waals surface area contributed by atoms with Crippen LogP contribution in [0.5, 0.6) is 0 Å². The van der Waals surface area contributed by atoms with Crippen LogP contribution in [0.1, 0.15) is 61.0 Å². The zero-order valence-electron chi connectivity index (χ0n) is 30.2. The van der Waals surface area contributed by atoms with Gasteiger partial charge in [0.15, 0.2) is 0 Å². The molecule has 0 bridgehead atoms. The van der Waals surface area contributed by atoms with Gasteiger partial charge in [-0.25, -0.2) is 9.59 Å². The van der Waals surface area contributed by atoms with Gasteiger partial charge >= 0.3 is 18.5 Å². The molecule has 1 amide bonds. The summed E-state index contributed by atoms with van der Waals surface area (Å²) in [5.74, 6) is 0.785. The standard InChI is InChI=1S/C18H22BN3O4.C17H16N6O3/c1-9-14(10(2)24-22-9)11-7-12(15-13(8-11)20-16(23)21-15)19-25-17(3,4)18(5,6)26-19;1-7-13(8(2)26-22-7)9-4-10(14-12(5-9)20-17(25)21-14)15-11(16(18)24)6-19-23(15)3/h7-8H,1-6H3,(H2,20,21,23);4-6H,1-3H3,(H2,18,24)(H2,20,21,25). The number of fused-ring (bicyclic) bond motifs is 2. The van der Waals surface area contributed by atoms with Crippen LogP contribution in [0.15, 0.2) is 49.1 Å². The summed E-state index contributed by atoms with van der Waals surface area (Å²) in [6.45, 7) is 15.4. The fraction of sp³-hybridized carbons (Fsp3) is 0.314. The van der Waals surface area contributed by atoms with Crippen molar-refractivity contribution < 1.29 is 23.1 Å². The Bertz CT molecular complexity index is 2590. The van der Waals surface area contributed by atoms with Gasteiger partial charge in [-0.15, -0.1) is 0 Å². The highest BCUT2D eigenvalue weighted by molar-refractivity contribution is 6.65. The van der Waals surface area contributed by atoms with Crippen molar-refractivity contribution in [2.24, 2.45) is 12.8 Å². The maximum absolute atomic E-state index is 11.9. The maximum atomic E-state index is 11.9. The molecule has 0 atom stereocenters. The van der Waals surface area contributed by atoms with Crippen molar-refractivity contribution in [1.82, 2.24) is 40.0 Å². The molecular weight excluding hydrogens is 669 g/mol. The molecule has 0 radical (unpaired) electrons. The van der Waals surface area contributed by atoms with Crippen LogP contribution in [0, 0.1) is 27.7 Å². The number of aromatic amines is 4. The third-order valence-electron chi connectivity index (χ3n) is 9.89. The van der Waals surface area contributed by atoms with Gasteiger partial charge in [-0.2, -0.15) is 5.10 Å². The van der Waals surface area contributed by atoms with E-state index in [-0.39, 0.29) is 16.9 Å². The van der Waals surface area contributed by atoms with Gasteiger partial charge in [-0.3, -0.25) is 9.48 Å². The molecule has 8 rings (SSSR count). The highest BCUT2D eigenvalue weighted by atomic mass is 16.7. The first-order chi connectivity index (χ1) is 24.5. The smallest absolute Gasteiger partial charge is 0.399 e. The van der Waals surface area contributed by atoms with Gasteiger partial charge in [0.1, 0.15) is 11.5 Å². The number of carbonyl (C=O) groups excluding carboxylic acids is 1. The summed E-state index contributed by atoms with van der Waals surface area (Å²) in [5.41, 5.74) is 13.6. The summed E-state index contributed by atoms with van der Waals surface area (Å²) in [6.07, 6.45) is 1.41. The third kappa shape index (κ3) is 5.67. The van der Waals surface area contributed by atoms with E-state index < -0.39 is 24.2 Å². The molecule has 1 aliphatic rings. The third-order valence-corrected chi connectivity index (χ3v) is 9.89. The van der Waals surface area contributed by atoms with Crippen molar-refractivity contribution in [2.75, 3.05) is 0 Å². The molecule has 268 valence electrons. The Morgan fingerprint density at radius 3 is 1.77 bits per heavy atom. The molecule has 1 fully saturated rings. The van der Waals surface area contributed by atoms with Gasteiger partial charge in [0.05, 0.1) is 62.1 Å². The maximum Gasteiger partial charge on any atom is 0.497 e. The molecule has 16 nitrogen and oxygen atoms in total. The summed E-state index contributed by atoms with van der Waals surface area (Å²) in [6, 6.07) is 7.58. The summed E-state index contributed by atoms with van der Waals surface area (Å²) in [5, 5.41) is 12.2. The van der Waals surface area contributed by atoms with E-state index in [1.165, 1.54) is 6.20 Å². The summed E-state index contributed by atoms with van der Waals surface area (Å²) in [7, 11) is 1.12. The lowest BCUT2D eigenvalue weighted by Gasteiger charge is -2.32. The summed E-state index contributed by atoms with van der Waals surface area (Å²) >= 11 is 0. The number of aromatic nitrogens is 8. The van der Waals surface area contributed by atoms with Crippen LogP contribution >= 0.6 is 0 Å². The average Bonchev–Trinajstić information content (AvgIpc) is 3.89. The van der Waals surface area contributed by atoms with Crippen LogP contribution < -0.4 is 22.6 Å². The molecule has 17 heteroatoms. The zero-order chi connectivity index (χ0) is 37.4. The lowest BCUT2D eigenvalue weighted by molar-refractivity contribution is 0.00578. The number of hydrogen-bond acceptors (Lipinski definition) is 10. The lowest BCUT2D eigenvalue weighted by atomic mass is 9.76. The Hall–Kier alpha value is -5.94. The Labute approximate surface area is 296 Å². The minimum atomic E-state index is -0.595. The topological polar surface area (TPSA) is 229 Å². The summed E-state index contributed by atoms with van der Waals surface area (Å²) in [4.78, 5) is 46.9. The van der Waals surface area contributed by atoms with Crippen molar-refractivity contribution in [3.63, 3.8) is 0 Å². The van der Waals surface area contributed by atoms with E-state index in [1.807, 2.05) is 79.7 Å². The highest BCUT2D eigenvalue weighted by Crippen LogP contribution is 2.38. The van der Waals surface area contributed by atoms with Gasteiger partial charge in [0, 0.05) is 29.2 Å². The van der Waals surface area contributed by atoms with Crippen molar-refractivity contribution >= 4 is 40.6 Å². The quantitative estimate of drug-likeness (QED) is 0.161.